The molecule has 0 aromatic rings. The Labute approximate surface area is 111 Å². The first-order valence-electron chi connectivity index (χ1n) is 8.17. The molecule has 0 aromatic carbocycles. The number of hydrogen-bond acceptors (Lipinski definition) is 2. The lowest BCUT2D eigenvalue weighted by molar-refractivity contribution is -0.277. The SMILES string of the molecule is OOC1CCC(C2CCC(C3CCCC3)CC2)C1. The van der Waals surface area contributed by atoms with Gasteiger partial charge in [0.1, 0.15) is 0 Å². The molecule has 3 aliphatic carbocycles. The molecule has 0 aromatic heterocycles. The van der Waals surface area contributed by atoms with Crippen molar-refractivity contribution in [2.24, 2.45) is 23.7 Å². The highest BCUT2D eigenvalue weighted by Crippen LogP contribution is 2.45. The minimum Gasteiger partial charge on any atom is -0.252 e. The maximum Gasteiger partial charge on any atom is 0.0930 e. The summed E-state index contributed by atoms with van der Waals surface area (Å²) in [6.07, 6.45) is 15.5. The molecular formula is C16H28O2. The van der Waals surface area contributed by atoms with E-state index < -0.39 is 0 Å². The second-order valence-corrected chi connectivity index (χ2v) is 7.02. The third kappa shape index (κ3) is 2.75. The second kappa shape index (κ2) is 5.92. The van der Waals surface area contributed by atoms with Crippen LogP contribution in [0.4, 0.5) is 0 Å². The Bertz CT molecular complexity index is 252. The normalized spacial score (nSPS) is 42.5. The summed E-state index contributed by atoms with van der Waals surface area (Å²) in [6.45, 7) is 0. The van der Waals surface area contributed by atoms with Gasteiger partial charge in [-0.1, -0.05) is 25.7 Å². The van der Waals surface area contributed by atoms with E-state index in [1.807, 2.05) is 0 Å². The number of rotatable bonds is 3. The van der Waals surface area contributed by atoms with E-state index in [2.05, 4.69) is 4.89 Å². The van der Waals surface area contributed by atoms with E-state index >= 15 is 0 Å². The van der Waals surface area contributed by atoms with Crippen molar-refractivity contribution < 1.29 is 10.1 Å². The van der Waals surface area contributed by atoms with Crippen LogP contribution < -0.4 is 0 Å². The van der Waals surface area contributed by atoms with Gasteiger partial charge in [0.05, 0.1) is 6.10 Å². The molecule has 0 amide bonds. The van der Waals surface area contributed by atoms with E-state index in [4.69, 9.17) is 5.26 Å². The van der Waals surface area contributed by atoms with E-state index in [0.29, 0.717) is 0 Å². The zero-order valence-electron chi connectivity index (χ0n) is 11.5. The molecule has 0 saturated heterocycles. The molecule has 0 heterocycles. The van der Waals surface area contributed by atoms with Crippen molar-refractivity contribution in [3.63, 3.8) is 0 Å². The molecule has 3 aliphatic rings. The van der Waals surface area contributed by atoms with Gasteiger partial charge in [0, 0.05) is 0 Å². The molecule has 0 bridgehead atoms. The second-order valence-electron chi connectivity index (χ2n) is 7.02. The van der Waals surface area contributed by atoms with E-state index in [9.17, 15) is 0 Å². The first kappa shape index (κ1) is 12.9. The molecule has 2 nitrogen and oxygen atoms in total. The molecule has 3 rings (SSSR count). The van der Waals surface area contributed by atoms with Gasteiger partial charge >= 0.3 is 0 Å². The van der Waals surface area contributed by atoms with Crippen LogP contribution in [0.2, 0.25) is 0 Å². The van der Waals surface area contributed by atoms with Crippen LogP contribution in [0.5, 0.6) is 0 Å². The molecule has 104 valence electrons. The summed E-state index contributed by atoms with van der Waals surface area (Å²) in [5.74, 6) is 3.90. The van der Waals surface area contributed by atoms with Crippen molar-refractivity contribution >= 4 is 0 Å². The first-order valence-corrected chi connectivity index (χ1v) is 8.17. The lowest BCUT2D eigenvalue weighted by Gasteiger charge is -2.35. The Morgan fingerprint density at radius 1 is 0.611 bits per heavy atom. The van der Waals surface area contributed by atoms with Gasteiger partial charge < -0.3 is 0 Å². The summed E-state index contributed by atoms with van der Waals surface area (Å²) in [4.78, 5) is 4.53. The van der Waals surface area contributed by atoms with Gasteiger partial charge in [0.15, 0.2) is 0 Å². The van der Waals surface area contributed by atoms with Crippen molar-refractivity contribution in [1.82, 2.24) is 0 Å². The van der Waals surface area contributed by atoms with Gasteiger partial charge in [-0.05, 0) is 68.6 Å². The monoisotopic (exact) mass is 252 g/mol. The Hall–Kier alpha value is -0.0800. The summed E-state index contributed by atoms with van der Waals surface area (Å²) < 4.78 is 0. The Kier molecular flexibility index (Phi) is 4.25. The predicted molar refractivity (Wildman–Crippen MR) is 72.2 cm³/mol. The quantitative estimate of drug-likeness (QED) is 0.585. The van der Waals surface area contributed by atoms with E-state index in [1.54, 1.807) is 0 Å². The molecule has 2 atom stereocenters. The molecule has 0 spiro atoms. The van der Waals surface area contributed by atoms with Crippen LogP contribution in [-0.2, 0) is 4.89 Å². The van der Waals surface area contributed by atoms with Gasteiger partial charge in [0.25, 0.3) is 0 Å². The van der Waals surface area contributed by atoms with E-state index in [-0.39, 0.29) is 6.10 Å². The maximum atomic E-state index is 8.77. The summed E-state index contributed by atoms with van der Waals surface area (Å²) in [6, 6.07) is 0. The summed E-state index contributed by atoms with van der Waals surface area (Å²) in [5.41, 5.74) is 0. The smallest absolute Gasteiger partial charge is 0.0930 e. The van der Waals surface area contributed by atoms with E-state index in [1.165, 1.54) is 57.8 Å². The summed E-state index contributed by atoms with van der Waals surface area (Å²) in [5, 5.41) is 8.77. The van der Waals surface area contributed by atoms with Crippen LogP contribution >= 0.6 is 0 Å². The van der Waals surface area contributed by atoms with E-state index in [0.717, 1.165) is 36.5 Å². The van der Waals surface area contributed by atoms with Gasteiger partial charge in [-0.3, -0.25) is 5.26 Å². The predicted octanol–water partition coefficient (Wildman–Crippen LogP) is 4.64. The molecule has 2 unspecified atom stereocenters. The Morgan fingerprint density at radius 3 is 1.67 bits per heavy atom. The molecule has 3 fully saturated rings. The van der Waals surface area contributed by atoms with Gasteiger partial charge in [-0.15, -0.1) is 0 Å². The van der Waals surface area contributed by atoms with Crippen LogP contribution in [0, 0.1) is 23.7 Å². The summed E-state index contributed by atoms with van der Waals surface area (Å²) in [7, 11) is 0. The molecule has 1 N–H and O–H groups in total. The van der Waals surface area contributed by atoms with Crippen LogP contribution in [0.1, 0.15) is 70.6 Å². The van der Waals surface area contributed by atoms with Crippen molar-refractivity contribution in [1.29, 1.82) is 0 Å². The molecular weight excluding hydrogens is 224 g/mol. The highest BCUT2D eigenvalue weighted by Gasteiger charge is 2.35. The third-order valence-electron chi connectivity index (χ3n) is 6.12. The average molecular weight is 252 g/mol. The van der Waals surface area contributed by atoms with Crippen LogP contribution in [0.15, 0.2) is 0 Å². The highest BCUT2D eigenvalue weighted by atomic mass is 17.1. The standard InChI is InChI=1S/C16H28O2/c17-18-16-10-9-15(11-16)14-7-5-13(6-8-14)12-3-1-2-4-12/h12-17H,1-11H2. The molecule has 18 heavy (non-hydrogen) atoms. The minimum absolute atomic E-state index is 0.141. The Morgan fingerprint density at radius 2 is 1.11 bits per heavy atom. The largest absolute Gasteiger partial charge is 0.252 e. The third-order valence-corrected chi connectivity index (χ3v) is 6.12. The lowest BCUT2D eigenvalue weighted by atomic mass is 9.71. The average Bonchev–Trinajstić information content (AvgIpc) is 3.10. The molecule has 2 heteroatoms. The van der Waals surface area contributed by atoms with Crippen LogP contribution in [0.3, 0.4) is 0 Å². The molecule has 3 saturated carbocycles. The van der Waals surface area contributed by atoms with Gasteiger partial charge in [-0.25, -0.2) is 4.89 Å². The van der Waals surface area contributed by atoms with Crippen molar-refractivity contribution in [3.8, 4) is 0 Å². The zero-order chi connectivity index (χ0) is 12.4. The van der Waals surface area contributed by atoms with Crippen molar-refractivity contribution in [2.45, 2.75) is 76.7 Å². The topological polar surface area (TPSA) is 29.5 Å². The fourth-order valence-corrected chi connectivity index (χ4v) is 5.01. The van der Waals surface area contributed by atoms with Gasteiger partial charge in [-0.2, -0.15) is 0 Å². The lowest BCUT2D eigenvalue weighted by Crippen LogP contribution is -2.24. The molecule has 0 radical (unpaired) electrons. The van der Waals surface area contributed by atoms with Crippen LogP contribution in [0.25, 0.3) is 0 Å². The fourth-order valence-electron chi connectivity index (χ4n) is 5.01. The highest BCUT2D eigenvalue weighted by molar-refractivity contribution is 4.86. The van der Waals surface area contributed by atoms with Crippen molar-refractivity contribution in [2.75, 3.05) is 0 Å². The summed E-state index contributed by atoms with van der Waals surface area (Å²) >= 11 is 0. The Balaban J connectivity index is 1.45. The van der Waals surface area contributed by atoms with Crippen LogP contribution in [-0.4, -0.2) is 11.4 Å². The zero-order valence-corrected chi connectivity index (χ0v) is 11.5. The minimum atomic E-state index is 0.141. The maximum absolute atomic E-state index is 8.77. The molecule has 0 aliphatic heterocycles. The first-order chi connectivity index (χ1) is 8.86. The fraction of sp³-hybridized carbons (Fsp3) is 1.00. The number of hydrogen-bond donors (Lipinski definition) is 1. The van der Waals surface area contributed by atoms with Crippen molar-refractivity contribution in [3.05, 3.63) is 0 Å². The van der Waals surface area contributed by atoms with Gasteiger partial charge in [0.2, 0.25) is 0 Å².